The standard InChI is InChI=1S/C15H16BrN3O3/c1-21-12-5-9(6-13(22-2)14(12)16)15(20)19-4-3-11-10(8-19)7-17-18-11/h5-7H,3-4,8H2,1-2H3,(H,17,18). The lowest BCUT2D eigenvalue weighted by Crippen LogP contribution is -2.35. The predicted octanol–water partition coefficient (Wildman–Crippen LogP) is 2.39. The number of H-pyrrole nitrogens is 1. The summed E-state index contributed by atoms with van der Waals surface area (Å²) in [5.41, 5.74) is 2.72. The number of ether oxygens (including phenoxy) is 2. The van der Waals surface area contributed by atoms with E-state index < -0.39 is 0 Å². The van der Waals surface area contributed by atoms with Crippen LogP contribution in [-0.4, -0.2) is 41.8 Å². The molecule has 116 valence electrons. The van der Waals surface area contributed by atoms with E-state index in [0.29, 0.717) is 34.6 Å². The number of fused-ring (bicyclic) bond motifs is 1. The van der Waals surface area contributed by atoms with E-state index in [1.54, 1.807) is 37.4 Å². The molecular formula is C15H16BrN3O3. The summed E-state index contributed by atoms with van der Waals surface area (Å²) in [5, 5.41) is 6.99. The Kier molecular flexibility index (Phi) is 4.06. The first kappa shape index (κ1) is 14.9. The summed E-state index contributed by atoms with van der Waals surface area (Å²) in [7, 11) is 3.12. The second-order valence-electron chi connectivity index (χ2n) is 5.05. The molecule has 0 radical (unpaired) electrons. The maximum Gasteiger partial charge on any atom is 0.254 e. The van der Waals surface area contributed by atoms with Crippen LogP contribution in [0, 0.1) is 0 Å². The van der Waals surface area contributed by atoms with Gasteiger partial charge in [0.05, 0.1) is 20.4 Å². The van der Waals surface area contributed by atoms with E-state index in [2.05, 4.69) is 26.1 Å². The Balaban J connectivity index is 1.89. The van der Waals surface area contributed by atoms with Crippen molar-refractivity contribution in [1.29, 1.82) is 0 Å². The Bertz CT molecular complexity index is 689. The Morgan fingerprint density at radius 3 is 2.64 bits per heavy atom. The lowest BCUT2D eigenvalue weighted by atomic mass is 10.1. The van der Waals surface area contributed by atoms with E-state index in [1.165, 1.54) is 0 Å². The molecule has 0 spiro atoms. The predicted molar refractivity (Wildman–Crippen MR) is 84.3 cm³/mol. The third-order valence-corrected chi connectivity index (χ3v) is 4.56. The number of carbonyl (C=O) groups is 1. The number of carbonyl (C=O) groups excluding carboxylic acids is 1. The number of nitrogens with one attached hydrogen (secondary N) is 1. The fourth-order valence-electron chi connectivity index (χ4n) is 2.57. The largest absolute Gasteiger partial charge is 0.495 e. The quantitative estimate of drug-likeness (QED) is 0.906. The minimum atomic E-state index is -0.0454. The van der Waals surface area contributed by atoms with E-state index in [1.807, 2.05) is 0 Å². The average Bonchev–Trinajstić information content (AvgIpc) is 3.02. The molecule has 2 aromatic rings. The molecule has 3 rings (SSSR count). The van der Waals surface area contributed by atoms with Crippen molar-refractivity contribution in [3.05, 3.63) is 39.6 Å². The zero-order chi connectivity index (χ0) is 15.7. The van der Waals surface area contributed by atoms with Crippen LogP contribution in [0.2, 0.25) is 0 Å². The molecule has 2 heterocycles. The van der Waals surface area contributed by atoms with Crippen molar-refractivity contribution in [2.75, 3.05) is 20.8 Å². The third kappa shape index (κ3) is 2.56. The SMILES string of the molecule is COc1cc(C(=O)N2CCc3[nH]ncc3C2)cc(OC)c1Br. The fraction of sp³-hybridized carbons (Fsp3) is 0.333. The molecular weight excluding hydrogens is 350 g/mol. The summed E-state index contributed by atoms with van der Waals surface area (Å²) < 4.78 is 11.3. The molecule has 0 fully saturated rings. The number of benzene rings is 1. The highest BCUT2D eigenvalue weighted by atomic mass is 79.9. The summed E-state index contributed by atoms with van der Waals surface area (Å²) in [5.74, 6) is 1.10. The number of amides is 1. The third-order valence-electron chi connectivity index (χ3n) is 3.78. The highest BCUT2D eigenvalue weighted by Crippen LogP contribution is 2.36. The van der Waals surface area contributed by atoms with Gasteiger partial charge in [-0.1, -0.05) is 0 Å². The minimum Gasteiger partial charge on any atom is -0.495 e. The molecule has 6 nitrogen and oxygen atoms in total. The van der Waals surface area contributed by atoms with Gasteiger partial charge in [0.15, 0.2) is 0 Å². The van der Waals surface area contributed by atoms with Gasteiger partial charge in [-0.15, -0.1) is 0 Å². The van der Waals surface area contributed by atoms with Gasteiger partial charge in [-0.2, -0.15) is 5.10 Å². The van der Waals surface area contributed by atoms with E-state index in [9.17, 15) is 4.79 Å². The highest BCUT2D eigenvalue weighted by molar-refractivity contribution is 9.10. The van der Waals surface area contributed by atoms with E-state index in [0.717, 1.165) is 17.7 Å². The first-order valence-corrected chi connectivity index (χ1v) is 7.65. The van der Waals surface area contributed by atoms with Gasteiger partial charge in [-0.25, -0.2) is 0 Å². The van der Waals surface area contributed by atoms with Crippen molar-refractivity contribution in [2.24, 2.45) is 0 Å². The molecule has 1 aliphatic rings. The number of rotatable bonds is 3. The molecule has 1 N–H and O–H groups in total. The van der Waals surface area contributed by atoms with Crippen LogP contribution in [0.4, 0.5) is 0 Å². The number of aromatic nitrogens is 2. The van der Waals surface area contributed by atoms with E-state index in [4.69, 9.17) is 9.47 Å². The van der Waals surface area contributed by atoms with Crippen LogP contribution < -0.4 is 9.47 Å². The maximum absolute atomic E-state index is 12.7. The number of aromatic amines is 1. The molecule has 0 saturated heterocycles. The van der Waals surface area contributed by atoms with Gasteiger partial charge in [-0.3, -0.25) is 9.89 Å². The highest BCUT2D eigenvalue weighted by Gasteiger charge is 2.24. The van der Waals surface area contributed by atoms with E-state index in [-0.39, 0.29) is 5.91 Å². The molecule has 0 aliphatic carbocycles. The van der Waals surface area contributed by atoms with Gasteiger partial charge in [0.1, 0.15) is 16.0 Å². The van der Waals surface area contributed by atoms with Crippen LogP contribution in [0.1, 0.15) is 21.6 Å². The number of nitrogens with zero attached hydrogens (tertiary/aromatic N) is 2. The van der Waals surface area contributed by atoms with Gasteiger partial charge >= 0.3 is 0 Å². The monoisotopic (exact) mass is 365 g/mol. The number of methoxy groups -OCH3 is 2. The van der Waals surface area contributed by atoms with Crippen molar-refractivity contribution in [1.82, 2.24) is 15.1 Å². The van der Waals surface area contributed by atoms with Crippen molar-refractivity contribution >= 4 is 21.8 Å². The summed E-state index contributed by atoms with van der Waals surface area (Å²) in [6.07, 6.45) is 2.56. The van der Waals surface area contributed by atoms with Crippen LogP contribution >= 0.6 is 15.9 Å². The molecule has 0 unspecified atom stereocenters. The molecule has 7 heteroatoms. The number of hydrogen-bond acceptors (Lipinski definition) is 4. The summed E-state index contributed by atoms with van der Waals surface area (Å²) in [6.45, 7) is 1.22. The molecule has 1 aliphatic heterocycles. The topological polar surface area (TPSA) is 67.5 Å². The molecule has 0 bridgehead atoms. The Morgan fingerprint density at radius 1 is 1.32 bits per heavy atom. The molecule has 0 saturated carbocycles. The minimum absolute atomic E-state index is 0.0454. The van der Waals surface area contributed by atoms with Crippen LogP contribution in [0.3, 0.4) is 0 Å². The lowest BCUT2D eigenvalue weighted by Gasteiger charge is -2.27. The van der Waals surface area contributed by atoms with E-state index >= 15 is 0 Å². The van der Waals surface area contributed by atoms with Gasteiger partial charge in [0, 0.05) is 36.3 Å². The summed E-state index contributed by atoms with van der Waals surface area (Å²) in [4.78, 5) is 14.6. The Hall–Kier alpha value is -2.02. The average molecular weight is 366 g/mol. The smallest absolute Gasteiger partial charge is 0.254 e. The zero-order valence-electron chi connectivity index (χ0n) is 12.4. The summed E-state index contributed by atoms with van der Waals surface area (Å²) >= 11 is 3.41. The lowest BCUT2D eigenvalue weighted by molar-refractivity contribution is 0.0733. The number of halogens is 1. The van der Waals surface area contributed by atoms with Gasteiger partial charge in [0.2, 0.25) is 0 Å². The molecule has 1 amide bonds. The van der Waals surface area contributed by atoms with Crippen molar-refractivity contribution in [2.45, 2.75) is 13.0 Å². The van der Waals surface area contributed by atoms with Crippen LogP contribution in [0.15, 0.2) is 22.8 Å². The first-order chi connectivity index (χ1) is 10.6. The molecule has 1 aromatic carbocycles. The van der Waals surface area contributed by atoms with Gasteiger partial charge in [0.25, 0.3) is 5.91 Å². The van der Waals surface area contributed by atoms with Crippen molar-refractivity contribution in [3.63, 3.8) is 0 Å². The normalized spacial score (nSPS) is 13.7. The second-order valence-corrected chi connectivity index (χ2v) is 5.84. The molecule has 1 aromatic heterocycles. The van der Waals surface area contributed by atoms with Gasteiger partial charge < -0.3 is 14.4 Å². The summed E-state index contributed by atoms with van der Waals surface area (Å²) in [6, 6.07) is 3.44. The molecule has 22 heavy (non-hydrogen) atoms. The first-order valence-electron chi connectivity index (χ1n) is 6.86. The fourth-order valence-corrected chi connectivity index (χ4v) is 3.12. The zero-order valence-corrected chi connectivity index (χ0v) is 13.9. The Labute approximate surface area is 136 Å². The van der Waals surface area contributed by atoms with Crippen LogP contribution in [0.25, 0.3) is 0 Å². The maximum atomic E-state index is 12.7. The second kappa shape index (κ2) is 6.00. The van der Waals surface area contributed by atoms with Gasteiger partial charge in [-0.05, 0) is 28.1 Å². The van der Waals surface area contributed by atoms with Crippen LogP contribution in [-0.2, 0) is 13.0 Å². The number of hydrogen-bond donors (Lipinski definition) is 1. The molecule has 0 atom stereocenters. The van der Waals surface area contributed by atoms with Crippen molar-refractivity contribution in [3.8, 4) is 11.5 Å². The van der Waals surface area contributed by atoms with Crippen molar-refractivity contribution < 1.29 is 14.3 Å². The Morgan fingerprint density at radius 2 is 2.00 bits per heavy atom. The van der Waals surface area contributed by atoms with Crippen LogP contribution in [0.5, 0.6) is 11.5 Å².